The van der Waals surface area contributed by atoms with Gasteiger partial charge in [-0.15, -0.1) is 0 Å². The van der Waals surface area contributed by atoms with Crippen molar-refractivity contribution in [1.82, 2.24) is 4.98 Å². The number of anilines is 2. The first-order valence-corrected chi connectivity index (χ1v) is 6.75. The van der Waals surface area contributed by atoms with E-state index >= 15 is 0 Å². The Balaban J connectivity index is 2.36. The zero-order chi connectivity index (χ0) is 15.6. The van der Waals surface area contributed by atoms with Gasteiger partial charge < -0.3 is 15.7 Å². The topological polar surface area (TPSA) is 79.5 Å². The molecule has 0 spiro atoms. The van der Waals surface area contributed by atoms with Crippen molar-refractivity contribution in [3.63, 3.8) is 0 Å². The SMILES string of the molecule is CC(c1ccccc1Cl)N(C)c1cc(C(=O)O)c(N)cn1. The summed E-state index contributed by atoms with van der Waals surface area (Å²) in [5, 5.41) is 9.78. The van der Waals surface area contributed by atoms with Crippen LogP contribution in [-0.4, -0.2) is 23.1 Å². The summed E-state index contributed by atoms with van der Waals surface area (Å²) in [5.41, 5.74) is 6.74. The standard InChI is InChI=1S/C15H16ClN3O2/c1-9(10-5-3-4-6-12(10)16)19(2)14-7-11(15(20)21)13(17)8-18-14/h3-9H,17H2,1-2H3,(H,20,21). The minimum Gasteiger partial charge on any atom is -0.478 e. The summed E-state index contributed by atoms with van der Waals surface area (Å²) >= 11 is 6.20. The fourth-order valence-corrected chi connectivity index (χ4v) is 2.35. The van der Waals surface area contributed by atoms with Gasteiger partial charge in [-0.2, -0.15) is 0 Å². The molecule has 21 heavy (non-hydrogen) atoms. The Labute approximate surface area is 128 Å². The van der Waals surface area contributed by atoms with Crippen molar-refractivity contribution in [2.75, 3.05) is 17.7 Å². The minimum absolute atomic E-state index is 0.0400. The second-order valence-electron chi connectivity index (χ2n) is 4.74. The lowest BCUT2D eigenvalue weighted by atomic mass is 10.1. The maximum atomic E-state index is 11.1. The zero-order valence-corrected chi connectivity index (χ0v) is 12.5. The third kappa shape index (κ3) is 3.08. The number of hydrogen-bond acceptors (Lipinski definition) is 4. The predicted molar refractivity (Wildman–Crippen MR) is 83.9 cm³/mol. The molecule has 1 atom stereocenters. The number of hydrogen-bond donors (Lipinski definition) is 2. The molecule has 0 amide bonds. The number of nitrogen functional groups attached to an aromatic ring is 1. The zero-order valence-electron chi connectivity index (χ0n) is 11.7. The summed E-state index contributed by atoms with van der Waals surface area (Å²) < 4.78 is 0. The second kappa shape index (κ2) is 6.01. The van der Waals surface area contributed by atoms with Gasteiger partial charge in [0, 0.05) is 12.1 Å². The van der Waals surface area contributed by atoms with Crippen LogP contribution in [0.1, 0.15) is 28.9 Å². The van der Waals surface area contributed by atoms with Crippen LogP contribution in [0.15, 0.2) is 36.5 Å². The minimum atomic E-state index is -1.07. The number of carboxylic acids is 1. The Morgan fingerprint density at radius 3 is 2.71 bits per heavy atom. The van der Waals surface area contributed by atoms with E-state index in [-0.39, 0.29) is 17.3 Å². The first kappa shape index (κ1) is 15.1. The molecule has 1 aromatic carbocycles. The molecule has 0 aliphatic heterocycles. The maximum Gasteiger partial charge on any atom is 0.337 e. The largest absolute Gasteiger partial charge is 0.478 e. The molecule has 2 rings (SSSR count). The van der Waals surface area contributed by atoms with E-state index in [1.165, 1.54) is 12.3 Å². The van der Waals surface area contributed by atoms with E-state index in [0.717, 1.165) is 5.56 Å². The predicted octanol–water partition coefficient (Wildman–Crippen LogP) is 3.21. The van der Waals surface area contributed by atoms with Gasteiger partial charge in [0.2, 0.25) is 0 Å². The average molecular weight is 306 g/mol. The Bertz CT molecular complexity index is 676. The van der Waals surface area contributed by atoms with Gasteiger partial charge in [-0.1, -0.05) is 29.8 Å². The molecule has 0 saturated heterocycles. The fourth-order valence-electron chi connectivity index (χ4n) is 2.05. The molecule has 3 N–H and O–H groups in total. The van der Waals surface area contributed by atoms with Gasteiger partial charge in [-0.3, -0.25) is 0 Å². The van der Waals surface area contributed by atoms with Crippen molar-refractivity contribution in [2.24, 2.45) is 0 Å². The lowest BCUT2D eigenvalue weighted by Gasteiger charge is -2.27. The molecule has 1 heterocycles. The first-order chi connectivity index (χ1) is 9.91. The highest BCUT2D eigenvalue weighted by Crippen LogP contribution is 2.29. The Kier molecular flexibility index (Phi) is 4.33. The van der Waals surface area contributed by atoms with E-state index in [2.05, 4.69) is 4.98 Å². The Morgan fingerprint density at radius 2 is 2.10 bits per heavy atom. The lowest BCUT2D eigenvalue weighted by molar-refractivity contribution is 0.0698. The van der Waals surface area contributed by atoms with Crippen LogP contribution in [0.2, 0.25) is 5.02 Å². The summed E-state index contributed by atoms with van der Waals surface area (Å²) in [7, 11) is 1.83. The second-order valence-corrected chi connectivity index (χ2v) is 5.15. The molecule has 1 aromatic heterocycles. The van der Waals surface area contributed by atoms with E-state index in [0.29, 0.717) is 10.8 Å². The maximum absolute atomic E-state index is 11.1. The molecule has 1 unspecified atom stereocenters. The monoisotopic (exact) mass is 305 g/mol. The van der Waals surface area contributed by atoms with Gasteiger partial charge in [0.15, 0.2) is 0 Å². The van der Waals surface area contributed by atoms with Crippen LogP contribution in [0.3, 0.4) is 0 Å². The van der Waals surface area contributed by atoms with Gasteiger partial charge in [0.05, 0.1) is 23.5 Å². The summed E-state index contributed by atoms with van der Waals surface area (Å²) in [4.78, 5) is 17.2. The molecule has 2 aromatic rings. The molecule has 110 valence electrons. The van der Waals surface area contributed by atoms with E-state index < -0.39 is 5.97 Å². The van der Waals surface area contributed by atoms with E-state index in [9.17, 15) is 4.79 Å². The van der Waals surface area contributed by atoms with Crippen LogP contribution < -0.4 is 10.6 Å². The van der Waals surface area contributed by atoms with Crippen molar-refractivity contribution in [1.29, 1.82) is 0 Å². The fraction of sp³-hybridized carbons (Fsp3) is 0.200. The van der Waals surface area contributed by atoms with Crippen molar-refractivity contribution >= 4 is 29.1 Å². The van der Waals surface area contributed by atoms with Crippen LogP contribution in [0.4, 0.5) is 11.5 Å². The van der Waals surface area contributed by atoms with Gasteiger partial charge in [0.25, 0.3) is 0 Å². The van der Waals surface area contributed by atoms with E-state index in [1.807, 2.05) is 43.1 Å². The van der Waals surface area contributed by atoms with Gasteiger partial charge in [-0.05, 0) is 24.6 Å². The molecule has 0 bridgehead atoms. The van der Waals surface area contributed by atoms with Crippen LogP contribution in [0.5, 0.6) is 0 Å². The van der Waals surface area contributed by atoms with Crippen molar-refractivity contribution in [3.8, 4) is 0 Å². The molecular formula is C15H16ClN3O2. The smallest absolute Gasteiger partial charge is 0.337 e. The number of aromatic nitrogens is 1. The lowest BCUT2D eigenvalue weighted by Crippen LogP contribution is -2.23. The molecule has 0 aliphatic rings. The number of carboxylic acid groups (broad SMARTS) is 1. The van der Waals surface area contributed by atoms with Crippen LogP contribution in [0, 0.1) is 0 Å². The molecule has 0 fully saturated rings. The summed E-state index contributed by atoms with van der Waals surface area (Å²) in [6.07, 6.45) is 1.36. The van der Waals surface area contributed by atoms with Crippen molar-refractivity contribution < 1.29 is 9.90 Å². The molecule has 0 aliphatic carbocycles. The van der Waals surface area contributed by atoms with Crippen LogP contribution in [-0.2, 0) is 0 Å². The third-order valence-electron chi connectivity index (χ3n) is 3.45. The van der Waals surface area contributed by atoms with E-state index in [1.54, 1.807) is 0 Å². The highest BCUT2D eigenvalue weighted by Gasteiger charge is 2.18. The quantitative estimate of drug-likeness (QED) is 0.906. The number of carbonyl (C=O) groups is 1. The van der Waals surface area contributed by atoms with Crippen molar-refractivity contribution in [3.05, 3.63) is 52.7 Å². The number of benzene rings is 1. The van der Waals surface area contributed by atoms with Crippen LogP contribution >= 0.6 is 11.6 Å². The molecule has 0 saturated carbocycles. The number of aromatic carboxylic acids is 1. The summed E-state index contributed by atoms with van der Waals surface area (Å²) in [6.45, 7) is 1.97. The van der Waals surface area contributed by atoms with E-state index in [4.69, 9.17) is 22.4 Å². The Morgan fingerprint density at radius 1 is 1.43 bits per heavy atom. The van der Waals surface area contributed by atoms with Gasteiger partial charge in [-0.25, -0.2) is 9.78 Å². The van der Waals surface area contributed by atoms with Crippen LogP contribution in [0.25, 0.3) is 0 Å². The number of halogens is 1. The number of nitrogens with zero attached hydrogens (tertiary/aromatic N) is 2. The molecular weight excluding hydrogens is 290 g/mol. The molecule has 6 heteroatoms. The molecule has 5 nitrogen and oxygen atoms in total. The number of nitrogens with two attached hydrogens (primary N) is 1. The Hall–Kier alpha value is -2.27. The highest BCUT2D eigenvalue weighted by atomic mass is 35.5. The summed E-state index contributed by atoms with van der Waals surface area (Å²) in [5.74, 6) is -0.552. The summed E-state index contributed by atoms with van der Waals surface area (Å²) in [6, 6.07) is 8.92. The normalized spacial score (nSPS) is 12.0. The third-order valence-corrected chi connectivity index (χ3v) is 3.79. The van der Waals surface area contributed by atoms with Gasteiger partial charge >= 0.3 is 5.97 Å². The number of pyridine rings is 1. The molecule has 0 radical (unpaired) electrons. The number of rotatable bonds is 4. The highest BCUT2D eigenvalue weighted by molar-refractivity contribution is 6.31. The average Bonchev–Trinajstić information content (AvgIpc) is 2.46. The first-order valence-electron chi connectivity index (χ1n) is 6.38. The van der Waals surface area contributed by atoms with Crippen molar-refractivity contribution in [2.45, 2.75) is 13.0 Å². The van der Waals surface area contributed by atoms with Gasteiger partial charge in [0.1, 0.15) is 5.82 Å².